The molecule has 0 bridgehead atoms. The normalized spacial score (nSPS) is 16.8. The molecule has 1 heterocycles. The third kappa shape index (κ3) is 3.54. The Hall–Kier alpha value is -0.870. The maximum Gasteiger partial charge on any atom is 0.251 e. The molecule has 4 heteroatoms. The van der Waals surface area contributed by atoms with E-state index in [-0.39, 0.29) is 11.9 Å². The molecule has 0 aromatic heterocycles. The number of hydrogen-bond donors (Lipinski definition) is 1. The fourth-order valence-electron chi connectivity index (χ4n) is 1.98. The summed E-state index contributed by atoms with van der Waals surface area (Å²) in [4.78, 5) is 12.0. The van der Waals surface area contributed by atoms with Crippen molar-refractivity contribution < 1.29 is 9.53 Å². The summed E-state index contributed by atoms with van der Waals surface area (Å²) in [6.07, 6.45) is 1.80. The van der Waals surface area contributed by atoms with Crippen molar-refractivity contribution in [1.29, 1.82) is 0 Å². The van der Waals surface area contributed by atoms with Gasteiger partial charge in [-0.25, -0.2) is 0 Å². The Morgan fingerprint density at radius 1 is 1.35 bits per heavy atom. The number of aryl methyl sites for hydroxylation is 1. The van der Waals surface area contributed by atoms with Crippen LogP contribution in [-0.2, 0) is 4.74 Å². The number of ether oxygens (including phenoxy) is 1. The van der Waals surface area contributed by atoms with Crippen molar-refractivity contribution in [1.82, 2.24) is 5.32 Å². The van der Waals surface area contributed by atoms with Crippen LogP contribution in [0.1, 0.15) is 28.8 Å². The highest BCUT2D eigenvalue weighted by molar-refractivity contribution is 9.10. The predicted octanol–water partition coefficient (Wildman–Crippen LogP) is 2.67. The molecule has 1 fully saturated rings. The lowest BCUT2D eigenvalue weighted by atomic mass is 10.1. The van der Waals surface area contributed by atoms with Gasteiger partial charge in [-0.05, 0) is 43.5 Å². The third-order valence-corrected chi connectivity index (χ3v) is 3.32. The molecular formula is C13H16BrNO2. The SMILES string of the molecule is Cc1cc(Br)cc(C(=O)NC2CCOCC2)c1. The van der Waals surface area contributed by atoms with Crippen molar-refractivity contribution in [2.75, 3.05) is 13.2 Å². The maximum absolute atomic E-state index is 12.0. The summed E-state index contributed by atoms with van der Waals surface area (Å²) < 4.78 is 6.21. The number of hydrogen-bond acceptors (Lipinski definition) is 2. The Morgan fingerprint density at radius 2 is 2.06 bits per heavy atom. The second kappa shape index (κ2) is 5.65. The van der Waals surface area contributed by atoms with E-state index in [1.54, 1.807) is 0 Å². The van der Waals surface area contributed by atoms with E-state index in [2.05, 4.69) is 21.2 Å². The van der Waals surface area contributed by atoms with Crippen molar-refractivity contribution in [3.8, 4) is 0 Å². The minimum atomic E-state index is 0.00120. The first kappa shape index (κ1) is 12.6. The lowest BCUT2D eigenvalue weighted by Gasteiger charge is -2.23. The van der Waals surface area contributed by atoms with Gasteiger partial charge in [-0.15, -0.1) is 0 Å². The van der Waals surface area contributed by atoms with Gasteiger partial charge in [0.25, 0.3) is 5.91 Å². The zero-order valence-electron chi connectivity index (χ0n) is 9.83. The van der Waals surface area contributed by atoms with E-state index in [0.29, 0.717) is 5.56 Å². The van der Waals surface area contributed by atoms with Crippen molar-refractivity contribution in [3.63, 3.8) is 0 Å². The molecule has 0 aliphatic carbocycles. The van der Waals surface area contributed by atoms with E-state index in [1.807, 2.05) is 25.1 Å². The fourth-order valence-corrected chi connectivity index (χ4v) is 2.59. The molecule has 1 aliphatic rings. The molecule has 3 nitrogen and oxygen atoms in total. The van der Waals surface area contributed by atoms with E-state index in [1.165, 1.54) is 0 Å². The van der Waals surface area contributed by atoms with Gasteiger partial charge in [0, 0.05) is 29.3 Å². The molecule has 1 aromatic carbocycles. The number of amides is 1. The van der Waals surface area contributed by atoms with Gasteiger partial charge in [0.1, 0.15) is 0 Å². The van der Waals surface area contributed by atoms with Crippen molar-refractivity contribution in [2.45, 2.75) is 25.8 Å². The first-order chi connectivity index (χ1) is 8.15. The van der Waals surface area contributed by atoms with Crippen LogP contribution < -0.4 is 5.32 Å². The molecule has 1 saturated heterocycles. The molecule has 1 amide bonds. The molecule has 92 valence electrons. The number of halogens is 1. The summed E-state index contributed by atoms with van der Waals surface area (Å²) >= 11 is 3.41. The molecule has 0 saturated carbocycles. The summed E-state index contributed by atoms with van der Waals surface area (Å²) in [6.45, 7) is 3.46. The smallest absolute Gasteiger partial charge is 0.251 e. The van der Waals surface area contributed by atoms with Crippen LogP contribution in [0, 0.1) is 6.92 Å². The predicted molar refractivity (Wildman–Crippen MR) is 70.2 cm³/mol. The lowest BCUT2D eigenvalue weighted by Crippen LogP contribution is -2.38. The van der Waals surface area contributed by atoms with Gasteiger partial charge in [0.05, 0.1) is 0 Å². The van der Waals surface area contributed by atoms with Gasteiger partial charge in [-0.1, -0.05) is 15.9 Å². The number of carbonyl (C=O) groups is 1. The third-order valence-electron chi connectivity index (χ3n) is 2.86. The fraction of sp³-hybridized carbons (Fsp3) is 0.462. The molecule has 1 aliphatic heterocycles. The van der Waals surface area contributed by atoms with Crippen molar-refractivity contribution >= 4 is 21.8 Å². The Kier molecular flexibility index (Phi) is 4.18. The molecule has 0 radical (unpaired) electrons. The van der Waals surface area contributed by atoms with Crippen LogP contribution >= 0.6 is 15.9 Å². The Morgan fingerprint density at radius 3 is 2.71 bits per heavy atom. The van der Waals surface area contributed by atoms with Gasteiger partial charge < -0.3 is 10.1 Å². The van der Waals surface area contributed by atoms with E-state index < -0.39 is 0 Å². The number of benzene rings is 1. The quantitative estimate of drug-likeness (QED) is 0.911. The second-order valence-electron chi connectivity index (χ2n) is 4.38. The minimum Gasteiger partial charge on any atom is -0.381 e. The van der Waals surface area contributed by atoms with E-state index in [9.17, 15) is 4.79 Å². The average Bonchev–Trinajstić information content (AvgIpc) is 2.29. The van der Waals surface area contributed by atoms with Crippen LogP contribution in [0.25, 0.3) is 0 Å². The van der Waals surface area contributed by atoms with E-state index in [4.69, 9.17) is 4.74 Å². The zero-order chi connectivity index (χ0) is 12.3. The number of nitrogens with one attached hydrogen (secondary N) is 1. The van der Waals surface area contributed by atoms with Gasteiger partial charge in [0.15, 0.2) is 0 Å². The van der Waals surface area contributed by atoms with Gasteiger partial charge in [-0.3, -0.25) is 4.79 Å². The maximum atomic E-state index is 12.0. The average molecular weight is 298 g/mol. The highest BCUT2D eigenvalue weighted by Crippen LogP contribution is 2.16. The second-order valence-corrected chi connectivity index (χ2v) is 5.29. The Labute approximate surface area is 110 Å². The first-order valence-electron chi connectivity index (χ1n) is 5.81. The van der Waals surface area contributed by atoms with Crippen LogP contribution in [0.3, 0.4) is 0 Å². The highest BCUT2D eigenvalue weighted by Gasteiger charge is 2.17. The first-order valence-corrected chi connectivity index (χ1v) is 6.60. The van der Waals surface area contributed by atoms with Crippen molar-refractivity contribution in [2.24, 2.45) is 0 Å². The zero-order valence-corrected chi connectivity index (χ0v) is 11.4. The Bertz CT molecular complexity index is 394. The molecule has 1 aromatic rings. The monoisotopic (exact) mass is 297 g/mol. The van der Waals surface area contributed by atoms with Gasteiger partial charge in [0.2, 0.25) is 0 Å². The number of carbonyl (C=O) groups excluding carboxylic acids is 1. The van der Waals surface area contributed by atoms with Crippen LogP contribution in [0.5, 0.6) is 0 Å². The molecule has 2 rings (SSSR count). The Balaban J connectivity index is 2.03. The van der Waals surface area contributed by atoms with Crippen LogP contribution in [0.2, 0.25) is 0 Å². The molecule has 0 spiro atoms. The van der Waals surface area contributed by atoms with Gasteiger partial charge in [-0.2, -0.15) is 0 Å². The summed E-state index contributed by atoms with van der Waals surface area (Å²) in [5.41, 5.74) is 1.79. The molecule has 1 N–H and O–H groups in total. The lowest BCUT2D eigenvalue weighted by molar-refractivity contribution is 0.0696. The van der Waals surface area contributed by atoms with Gasteiger partial charge >= 0.3 is 0 Å². The standard InChI is InChI=1S/C13H16BrNO2/c1-9-6-10(8-11(14)7-9)13(16)15-12-2-4-17-5-3-12/h6-8,12H,2-5H2,1H3,(H,15,16). The van der Waals surface area contributed by atoms with Crippen LogP contribution in [-0.4, -0.2) is 25.2 Å². The highest BCUT2D eigenvalue weighted by atomic mass is 79.9. The van der Waals surface area contributed by atoms with Crippen LogP contribution in [0.4, 0.5) is 0 Å². The molecule has 17 heavy (non-hydrogen) atoms. The summed E-state index contributed by atoms with van der Waals surface area (Å²) in [7, 11) is 0. The summed E-state index contributed by atoms with van der Waals surface area (Å²) in [6, 6.07) is 5.99. The topological polar surface area (TPSA) is 38.3 Å². The molecule has 0 unspecified atom stereocenters. The molecule has 0 atom stereocenters. The van der Waals surface area contributed by atoms with Crippen LogP contribution in [0.15, 0.2) is 22.7 Å². The summed E-state index contributed by atoms with van der Waals surface area (Å²) in [5, 5.41) is 3.05. The van der Waals surface area contributed by atoms with Crippen molar-refractivity contribution in [3.05, 3.63) is 33.8 Å². The largest absolute Gasteiger partial charge is 0.381 e. The molecular weight excluding hydrogens is 282 g/mol. The van der Waals surface area contributed by atoms with E-state index >= 15 is 0 Å². The summed E-state index contributed by atoms with van der Waals surface area (Å²) in [5.74, 6) is 0.00120. The minimum absolute atomic E-state index is 0.00120. The number of rotatable bonds is 2. The van der Waals surface area contributed by atoms with E-state index in [0.717, 1.165) is 36.1 Å².